The Morgan fingerprint density at radius 3 is 2.00 bits per heavy atom. The van der Waals surface area contributed by atoms with Crippen LogP contribution in [0.25, 0.3) is 0 Å². The average molecular weight is 446 g/mol. The van der Waals surface area contributed by atoms with Crippen molar-refractivity contribution in [2.24, 2.45) is 23.7 Å². The predicted molar refractivity (Wildman–Crippen MR) is 86.2 cm³/mol. The van der Waals surface area contributed by atoms with Crippen LogP contribution < -0.4 is 0 Å². The number of fused-ring (bicyclic) bond motifs is 9. The van der Waals surface area contributed by atoms with Crippen LogP contribution in [0, 0.1) is 23.7 Å². The van der Waals surface area contributed by atoms with E-state index in [0.29, 0.717) is 26.7 Å². The number of rotatable bonds is 0. The molecule has 0 spiro atoms. The maximum atomic E-state index is 6.84. The summed E-state index contributed by atoms with van der Waals surface area (Å²) < 4.78 is -1.36. The molecule has 0 heterocycles. The van der Waals surface area contributed by atoms with E-state index in [2.05, 4.69) is 15.9 Å². The van der Waals surface area contributed by atoms with Gasteiger partial charge in [0.1, 0.15) is 9.75 Å². The number of hydrogen-bond donors (Lipinski definition) is 0. The first-order valence-electron chi connectivity index (χ1n) is 6.15. The lowest BCUT2D eigenvalue weighted by Gasteiger charge is -2.41. The Kier molecular flexibility index (Phi) is 2.98. The van der Waals surface area contributed by atoms with Crippen LogP contribution in [0.2, 0.25) is 0 Å². The number of allylic oxidation sites excluding steroid dienone is 2. The van der Waals surface area contributed by atoms with Crippen LogP contribution in [0.15, 0.2) is 10.1 Å². The van der Waals surface area contributed by atoms with Gasteiger partial charge in [-0.15, -0.1) is 23.2 Å². The Balaban J connectivity index is 1.99. The summed E-state index contributed by atoms with van der Waals surface area (Å²) in [6.07, 6.45) is 2.16. The molecule has 0 aromatic rings. The molecule has 4 aliphatic carbocycles. The van der Waals surface area contributed by atoms with Crippen LogP contribution in [0.4, 0.5) is 0 Å². The van der Waals surface area contributed by atoms with Crippen LogP contribution >= 0.6 is 85.5 Å². The summed E-state index contributed by atoms with van der Waals surface area (Å²) in [5.74, 6) is 1.05. The topological polar surface area (TPSA) is 0 Å². The summed E-state index contributed by atoms with van der Waals surface area (Å²) in [6, 6.07) is 0. The van der Waals surface area contributed by atoms with Crippen molar-refractivity contribution in [2.75, 3.05) is 0 Å². The molecule has 0 saturated heterocycles. The Morgan fingerprint density at radius 1 is 0.895 bits per heavy atom. The highest BCUT2D eigenvalue weighted by Gasteiger charge is 2.86. The first kappa shape index (κ1) is 14.5. The zero-order chi connectivity index (χ0) is 14.0. The SMILES string of the molecule is ClC1=C(Cl)[C@@]2(Cl)[C@@H]3[C@@H]4C[C@H](C[C@H]4Br)[C@H]3[C@@]1(Cl)C2(Cl)Cl. The first-order valence-corrected chi connectivity index (χ1v) is 9.33. The molecule has 0 aromatic heterocycles. The van der Waals surface area contributed by atoms with Crippen molar-refractivity contribution in [2.45, 2.75) is 31.8 Å². The minimum absolute atomic E-state index is 0.0831. The second kappa shape index (κ2) is 3.89. The fourth-order valence-corrected chi connectivity index (χ4v) is 9.14. The summed E-state index contributed by atoms with van der Waals surface area (Å²) in [4.78, 5) is -1.68. The van der Waals surface area contributed by atoms with Gasteiger partial charge >= 0.3 is 0 Å². The van der Waals surface area contributed by atoms with Gasteiger partial charge < -0.3 is 0 Å². The highest BCUT2D eigenvalue weighted by atomic mass is 79.9. The van der Waals surface area contributed by atoms with E-state index in [1.807, 2.05) is 0 Å². The summed E-state index contributed by atoms with van der Waals surface area (Å²) in [5, 5.41) is 0.681. The van der Waals surface area contributed by atoms with Crippen LogP contribution in [-0.4, -0.2) is 18.9 Å². The largest absolute Gasteiger partial charge is 0.166 e. The van der Waals surface area contributed by atoms with Crippen LogP contribution in [0.3, 0.4) is 0 Å². The van der Waals surface area contributed by atoms with Crippen molar-refractivity contribution in [3.8, 4) is 0 Å². The molecule has 19 heavy (non-hydrogen) atoms. The smallest absolute Gasteiger partial charge is 0.109 e. The van der Waals surface area contributed by atoms with Crippen molar-refractivity contribution in [1.29, 1.82) is 0 Å². The van der Waals surface area contributed by atoms with Gasteiger partial charge in [-0.3, -0.25) is 0 Å². The third-order valence-corrected chi connectivity index (χ3v) is 10.9. The number of alkyl halides is 5. The Bertz CT molecular complexity index is 518. The zero-order valence-corrected chi connectivity index (χ0v) is 15.6. The number of halogens is 7. The highest BCUT2D eigenvalue weighted by Crippen LogP contribution is 2.82. The Morgan fingerprint density at radius 2 is 1.42 bits per heavy atom. The molecule has 0 aromatic carbocycles. The molecule has 106 valence electrons. The molecule has 0 unspecified atom stereocenters. The van der Waals surface area contributed by atoms with E-state index in [4.69, 9.17) is 69.6 Å². The summed E-state index contributed by atoms with van der Waals surface area (Å²) >= 11 is 43.3. The molecule has 7 heteroatoms. The molecule has 0 amide bonds. The Labute approximate surface area is 150 Å². The quantitative estimate of drug-likeness (QED) is 0.323. The molecular formula is C12H9BrCl6. The monoisotopic (exact) mass is 442 g/mol. The van der Waals surface area contributed by atoms with Crippen LogP contribution in [-0.2, 0) is 0 Å². The molecule has 4 rings (SSSR count). The first-order chi connectivity index (χ1) is 8.69. The second-order valence-corrected chi connectivity index (χ2v) is 10.5. The highest BCUT2D eigenvalue weighted by molar-refractivity contribution is 9.09. The molecule has 4 aliphatic rings. The standard InChI is InChI=1S/C12H9BrCl6/c13-5-2-3-1-4(5)7-6(3)10(16)8(14)9(15)11(7,17)12(10,18)19/h3-7H,1-2H2/t3-,4-,5-,6-,7-,10+,11+/m1/s1. The normalized spacial score (nSPS) is 61.1. The van der Waals surface area contributed by atoms with Crippen molar-refractivity contribution in [1.82, 2.24) is 0 Å². The van der Waals surface area contributed by atoms with Crippen molar-refractivity contribution in [3.05, 3.63) is 10.1 Å². The summed E-state index contributed by atoms with van der Waals surface area (Å²) in [5.41, 5.74) is 0. The molecule has 3 saturated carbocycles. The predicted octanol–water partition coefficient (Wildman–Crippen LogP) is 5.87. The molecular weight excluding hydrogens is 437 g/mol. The average Bonchev–Trinajstić information content (AvgIpc) is 2.95. The second-order valence-electron chi connectivity index (χ2n) is 6.09. The lowest BCUT2D eigenvalue weighted by Crippen LogP contribution is -2.46. The molecule has 0 aliphatic heterocycles. The van der Waals surface area contributed by atoms with Gasteiger partial charge in [0.2, 0.25) is 0 Å². The molecule has 0 nitrogen and oxygen atoms in total. The molecule has 0 N–H and O–H groups in total. The molecule has 7 atom stereocenters. The maximum Gasteiger partial charge on any atom is 0.166 e. The van der Waals surface area contributed by atoms with E-state index in [9.17, 15) is 0 Å². The third kappa shape index (κ3) is 1.24. The van der Waals surface area contributed by atoms with Crippen LogP contribution in [0.1, 0.15) is 12.8 Å². The van der Waals surface area contributed by atoms with Crippen LogP contribution in [0.5, 0.6) is 0 Å². The van der Waals surface area contributed by atoms with E-state index < -0.39 is 14.1 Å². The molecule has 3 fully saturated rings. The lowest BCUT2D eigenvalue weighted by atomic mass is 9.72. The van der Waals surface area contributed by atoms with Gasteiger partial charge in [0.05, 0.1) is 10.1 Å². The van der Waals surface area contributed by atoms with E-state index in [0.717, 1.165) is 12.8 Å². The van der Waals surface area contributed by atoms with Gasteiger partial charge in [-0.05, 0) is 36.5 Å². The fourth-order valence-electron chi connectivity index (χ4n) is 4.97. The lowest BCUT2D eigenvalue weighted by molar-refractivity contribution is 0.226. The minimum atomic E-state index is -1.36. The van der Waals surface area contributed by atoms with Crippen molar-refractivity contribution >= 4 is 85.5 Å². The zero-order valence-electron chi connectivity index (χ0n) is 9.45. The Hall–Kier alpha value is 1.96. The number of hydrogen-bond acceptors (Lipinski definition) is 0. The van der Waals surface area contributed by atoms with E-state index in [1.165, 1.54) is 0 Å². The molecule has 4 bridgehead atoms. The van der Waals surface area contributed by atoms with Gasteiger partial charge in [0.25, 0.3) is 0 Å². The van der Waals surface area contributed by atoms with E-state index in [1.54, 1.807) is 0 Å². The van der Waals surface area contributed by atoms with Gasteiger partial charge in [-0.25, -0.2) is 0 Å². The van der Waals surface area contributed by atoms with E-state index in [-0.39, 0.29) is 11.8 Å². The minimum Gasteiger partial charge on any atom is -0.109 e. The summed E-state index contributed by atoms with van der Waals surface area (Å²) in [7, 11) is 0. The van der Waals surface area contributed by atoms with Gasteiger partial charge in [-0.1, -0.05) is 62.3 Å². The third-order valence-electron chi connectivity index (χ3n) is 5.59. The maximum absolute atomic E-state index is 6.84. The van der Waals surface area contributed by atoms with Crippen molar-refractivity contribution in [3.63, 3.8) is 0 Å². The van der Waals surface area contributed by atoms with Gasteiger partial charge in [0, 0.05) is 4.83 Å². The summed E-state index contributed by atoms with van der Waals surface area (Å²) in [6.45, 7) is 0. The fraction of sp³-hybridized carbons (Fsp3) is 0.833. The van der Waals surface area contributed by atoms with Gasteiger partial charge in [-0.2, -0.15) is 0 Å². The van der Waals surface area contributed by atoms with Crippen molar-refractivity contribution < 1.29 is 0 Å². The van der Waals surface area contributed by atoms with E-state index >= 15 is 0 Å². The molecule has 0 radical (unpaired) electrons. The van der Waals surface area contributed by atoms with Gasteiger partial charge in [0.15, 0.2) is 4.33 Å².